The Morgan fingerprint density at radius 2 is 2.22 bits per heavy atom. The molecule has 0 amide bonds. The first-order chi connectivity index (χ1) is 10.6. The third-order valence-electron chi connectivity index (χ3n) is 3.36. The van der Waals surface area contributed by atoms with E-state index >= 15 is 0 Å². The van der Waals surface area contributed by atoms with E-state index in [2.05, 4.69) is 10.3 Å². The molecule has 1 aliphatic heterocycles. The highest BCUT2D eigenvalue weighted by atomic mass is 127. The number of guanidine groups is 1. The van der Waals surface area contributed by atoms with Gasteiger partial charge in [0, 0.05) is 37.5 Å². The van der Waals surface area contributed by atoms with E-state index in [-0.39, 0.29) is 35.8 Å². The Hall–Kier alpha value is -1.62. The van der Waals surface area contributed by atoms with Crippen LogP contribution in [0.4, 0.5) is 11.4 Å². The van der Waals surface area contributed by atoms with Crippen LogP contribution in [-0.2, 0) is 4.74 Å². The highest BCUT2D eigenvalue weighted by Gasteiger charge is 2.17. The predicted octanol–water partition coefficient (Wildman–Crippen LogP) is 1.66. The molecular weight excluding hydrogens is 413 g/mol. The number of nitrogens with zero attached hydrogens (tertiary/aromatic N) is 3. The number of nitrogens with two attached hydrogens (primary N) is 1. The SMILES string of the molecule is CC1CN(C(N)=NCCNc2ccc([N+](=O)[O-])cc2)CCO1.I. The molecule has 0 aliphatic carbocycles. The Kier molecular flexibility index (Phi) is 8.03. The van der Waals surface area contributed by atoms with Gasteiger partial charge in [0.05, 0.1) is 24.2 Å². The number of nitro groups is 1. The maximum absolute atomic E-state index is 10.6. The standard InChI is InChI=1S/C14H21N5O3.HI/c1-11-10-18(8-9-22-11)14(15)17-7-6-16-12-2-4-13(5-3-12)19(20)21;/h2-5,11,16H,6-10H2,1H3,(H2,15,17);1H. The highest BCUT2D eigenvalue weighted by molar-refractivity contribution is 14.0. The Bertz CT molecular complexity index is 538. The van der Waals surface area contributed by atoms with Crippen molar-refractivity contribution < 1.29 is 9.66 Å². The second-order valence-corrected chi connectivity index (χ2v) is 5.10. The van der Waals surface area contributed by atoms with Crippen LogP contribution in [0.5, 0.6) is 0 Å². The monoisotopic (exact) mass is 435 g/mol. The molecule has 1 atom stereocenters. The number of non-ortho nitro benzene ring substituents is 1. The number of rotatable bonds is 5. The quantitative estimate of drug-likeness (QED) is 0.182. The summed E-state index contributed by atoms with van der Waals surface area (Å²) in [4.78, 5) is 16.5. The summed E-state index contributed by atoms with van der Waals surface area (Å²) in [7, 11) is 0. The largest absolute Gasteiger partial charge is 0.383 e. The fourth-order valence-electron chi connectivity index (χ4n) is 2.20. The second kappa shape index (κ2) is 9.50. The first-order valence-electron chi connectivity index (χ1n) is 7.21. The van der Waals surface area contributed by atoms with Crippen LogP contribution in [0.25, 0.3) is 0 Å². The van der Waals surface area contributed by atoms with Crippen LogP contribution in [0.3, 0.4) is 0 Å². The van der Waals surface area contributed by atoms with Crippen molar-refractivity contribution in [2.75, 3.05) is 38.1 Å². The van der Waals surface area contributed by atoms with Gasteiger partial charge in [0.2, 0.25) is 0 Å². The first kappa shape index (κ1) is 19.4. The number of aliphatic imine (C=N–C) groups is 1. The molecule has 8 nitrogen and oxygen atoms in total. The molecule has 0 bridgehead atoms. The highest BCUT2D eigenvalue weighted by Crippen LogP contribution is 2.14. The molecule has 0 radical (unpaired) electrons. The number of benzene rings is 1. The zero-order valence-corrected chi connectivity index (χ0v) is 15.3. The summed E-state index contributed by atoms with van der Waals surface area (Å²) in [5.74, 6) is 0.528. The van der Waals surface area contributed by atoms with Crippen molar-refractivity contribution in [3.63, 3.8) is 0 Å². The third kappa shape index (κ3) is 6.18. The van der Waals surface area contributed by atoms with Crippen molar-refractivity contribution in [2.45, 2.75) is 13.0 Å². The van der Waals surface area contributed by atoms with Gasteiger partial charge in [0.15, 0.2) is 5.96 Å². The summed E-state index contributed by atoms with van der Waals surface area (Å²) in [6.45, 7) is 5.33. The zero-order chi connectivity index (χ0) is 15.9. The zero-order valence-electron chi connectivity index (χ0n) is 13.0. The molecule has 9 heteroatoms. The molecule has 0 spiro atoms. The molecule has 1 aromatic rings. The van der Waals surface area contributed by atoms with E-state index in [9.17, 15) is 10.1 Å². The lowest BCUT2D eigenvalue weighted by Gasteiger charge is -2.31. The molecular formula is C14H22IN5O3. The Morgan fingerprint density at radius 1 is 1.52 bits per heavy atom. The van der Waals surface area contributed by atoms with E-state index in [4.69, 9.17) is 10.5 Å². The second-order valence-electron chi connectivity index (χ2n) is 5.10. The summed E-state index contributed by atoms with van der Waals surface area (Å²) < 4.78 is 5.46. The van der Waals surface area contributed by atoms with E-state index in [1.807, 2.05) is 11.8 Å². The van der Waals surface area contributed by atoms with Gasteiger partial charge in [-0.2, -0.15) is 0 Å². The van der Waals surface area contributed by atoms with Crippen LogP contribution in [0, 0.1) is 10.1 Å². The van der Waals surface area contributed by atoms with Crippen LogP contribution in [-0.4, -0.2) is 54.7 Å². The number of hydrogen-bond donors (Lipinski definition) is 2. The average molecular weight is 435 g/mol. The number of ether oxygens (including phenoxy) is 1. The molecule has 1 fully saturated rings. The number of nitro benzene ring substituents is 1. The molecule has 1 unspecified atom stereocenters. The van der Waals surface area contributed by atoms with Crippen LogP contribution >= 0.6 is 24.0 Å². The van der Waals surface area contributed by atoms with Gasteiger partial charge in [-0.1, -0.05) is 0 Å². The lowest BCUT2D eigenvalue weighted by Crippen LogP contribution is -2.48. The fraction of sp³-hybridized carbons (Fsp3) is 0.500. The lowest BCUT2D eigenvalue weighted by atomic mass is 10.3. The van der Waals surface area contributed by atoms with Gasteiger partial charge in [-0.05, 0) is 19.1 Å². The van der Waals surface area contributed by atoms with Crippen LogP contribution in [0.15, 0.2) is 29.3 Å². The molecule has 23 heavy (non-hydrogen) atoms. The summed E-state index contributed by atoms with van der Waals surface area (Å²) in [5.41, 5.74) is 6.86. The summed E-state index contributed by atoms with van der Waals surface area (Å²) in [6.07, 6.45) is 0.167. The van der Waals surface area contributed by atoms with Crippen molar-refractivity contribution in [2.24, 2.45) is 10.7 Å². The molecule has 0 aromatic heterocycles. The summed E-state index contributed by atoms with van der Waals surface area (Å²) in [5, 5.41) is 13.7. The van der Waals surface area contributed by atoms with Crippen molar-refractivity contribution >= 4 is 41.3 Å². The summed E-state index contributed by atoms with van der Waals surface area (Å²) >= 11 is 0. The van der Waals surface area contributed by atoms with E-state index in [1.165, 1.54) is 12.1 Å². The van der Waals surface area contributed by atoms with E-state index in [0.29, 0.717) is 25.7 Å². The van der Waals surface area contributed by atoms with Crippen molar-refractivity contribution in [1.82, 2.24) is 4.90 Å². The van der Waals surface area contributed by atoms with Crippen LogP contribution in [0.2, 0.25) is 0 Å². The van der Waals surface area contributed by atoms with E-state index in [1.54, 1.807) is 12.1 Å². The smallest absolute Gasteiger partial charge is 0.269 e. The fourth-order valence-corrected chi connectivity index (χ4v) is 2.20. The molecule has 1 aliphatic rings. The topological polar surface area (TPSA) is 106 Å². The van der Waals surface area contributed by atoms with Crippen molar-refractivity contribution in [1.29, 1.82) is 0 Å². The van der Waals surface area contributed by atoms with Crippen LogP contribution < -0.4 is 11.1 Å². The number of halogens is 1. The third-order valence-corrected chi connectivity index (χ3v) is 3.36. The van der Waals surface area contributed by atoms with Crippen molar-refractivity contribution in [3.8, 4) is 0 Å². The number of morpholine rings is 1. The van der Waals surface area contributed by atoms with E-state index in [0.717, 1.165) is 18.8 Å². The molecule has 1 heterocycles. The van der Waals surface area contributed by atoms with Gasteiger partial charge < -0.3 is 20.7 Å². The lowest BCUT2D eigenvalue weighted by molar-refractivity contribution is -0.384. The minimum Gasteiger partial charge on any atom is -0.383 e. The van der Waals surface area contributed by atoms with Crippen molar-refractivity contribution in [3.05, 3.63) is 34.4 Å². The van der Waals surface area contributed by atoms with Gasteiger partial charge >= 0.3 is 0 Å². The number of anilines is 1. The normalized spacial score (nSPS) is 18.2. The summed E-state index contributed by atoms with van der Waals surface area (Å²) in [6, 6.07) is 6.29. The average Bonchev–Trinajstić information content (AvgIpc) is 2.51. The molecule has 1 aromatic carbocycles. The maximum atomic E-state index is 10.6. The van der Waals surface area contributed by atoms with Crippen LogP contribution in [0.1, 0.15) is 6.92 Å². The predicted molar refractivity (Wildman–Crippen MR) is 100 cm³/mol. The minimum absolute atomic E-state index is 0. The molecule has 128 valence electrons. The Balaban J connectivity index is 0.00000264. The molecule has 0 saturated carbocycles. The van der Waals surface area contributed by atoms with E-state index < -0.39 is 4.92 Å². The molecule has 3 N–H and O–H groups in total. The first-order valence-corrected chi connectivity index (χ1v) is 7.21. The van der Waals surface area contributed by atoms with Gasteiger partial charge in [-0.15, -0.1) is 24.0 Å². The van der Waals surface area contributed by atoms with Gasteiger partial charge in [0.25, 0.3) is 5.69 Å². The minimum atomic E-state index is -0.419. The van der Waals surface area contributed by atoms with Gasteiger partial charge in [-0.3, -0.25) is 15.1 Å². The maximum Gasteiger partial charge on any atom is 0.269 e. The van der Waals surface area contributed by atoms with Gasteiger partial charge in [-0.25, -0.2) is 0 Å². The number of nitrogens with one attached hydrogen (secondary N) is 1. The Labute approximate surface area is 152 Å². The number of hydrogen-bond acceptors (Lipinski definition) is 5. The molecule has 1 saturated heterocycles. The van der Waals surface area contributed by atoms with Gasteiger partial charge in [0.1, 0.15) is 0 Å². The molecule has 2 rings (SSSR count). The Morgan fingerprint density at radius 3 is 2.83 bits per heavy atom.